The predicted molar refractivity (Wildman–Crippen MR) is 43.7 cm³/mol. The highest BCUT2D eigenvalue weighted by molar-refractivity contribution is 5.40. The average molecular weight is 221 g/mol. The van der Waals surface area contributed by atoms with Crippen LogP contribution in [0.25, 0.3) is 0 Å². The summed E-state index contributed by atoms with van der Waals surface area (Å²) in [6, 6.07) is 0. The average Bonchev–Trinajstić information content (AvgIpc) is 2.16. The van der Waals surface area contributed by atoms with E-state index in [1.54, 1.807) is 0 Å². The van der Waals surface area contributed by atoms with Gasteiger partial charge < -0.3 is 5.73 Å². The number of pyridine rings is 1. The first-order valence-electron chi connectivity index (χ1n) is 3.79. The van der Waals surface area contributed by atoms with Crippen LogP contribution in [0.15, 0.2) is 6.20 Å². The third kappa shape index (κ3) is 2.04. The van der Waals surface area contributed by atoms with Crippen LogP contribution in [0.3, 0.4) is 0 Å². The Hall–Kier alpha value is -1.70. The van der Waals surface area contributed by atoms with Crippen molar-refractivity contribution in [2.24, 2.45) is 5.73 Å². The maximum Gasteiger partial charge on any atom is 0.294 e. The second-order valence-corrected chi connectivity index (χ2v) is 2.58. The summed E-state index contributed by atoms with van der Waals surface area (Å²) in [4.78, 5) is 12.4. The summed E-state index contributed by atoms with van der Waals surface area (Å²) in [7, 11) is 0. The molecule has 15 heavy (non-hydrogen) atoms. The fourth-order valence-electron chi connectivity index (χ4n) is 1.04. The molecular weight excluding hydrogens is 215 g/mol. The Morgan fingerprint density at radius 2 is 2.20 bits per heavy atom. The second kappa shape index (κ2) is 4.22. The molecule has 0 atom stereocenters. The molecule has 1 rings (SSSR count). The molecule has 0 unspecified atom stereocenters. The van der Waals surface area contributed by atoms with Crippen molar-refractivity contribution in [3.05, 3.63) is 33.4 Å². The van der Waals surface area contributed by atoms with Gasteiger partial charge in [0, 0.05) is 6.54 Å². The third-order valence-corrected chi connectivity index (χ3v) is 1.73. The molecule has 0 fully saturated rings. The molecule has 8 heteroatoms. The Bertz CT molecular complexity index is 397. The molecule has 0 aliphatic rings. The Morgan fingerprint density at radius 3 is 2.60 bits per heavy atom. The number of rotatable bonds is 3. The second-order valence-electron chi connectivity index (χ2n) is 2.58. The predicted octanol–water partition coefficient (Wildman–Crippen LogP) is 1.53. The summed E-state index contributed by atoms with van der Waals surface area (Å²) in [5.74, 6) is -1.42. The number of alkyl halides is 2. The Balaban J connectivity index is 3.39. The summed E-state index contributed by atoms with van der Waals surface area (Å²) >= 11 is 0. The molecule has 0 aromatic carbocycles. The molecule has 1 heterocycles. The molecule has 2 N–H and O–H groups in total. The SMILES string of the molecule is NCc1c([N+](=O)[O-])cnc(C(F)F)c1F. The molecule has 0 spiro atoms. The van der Waals surface area contributed by atoms with Gasteiger partial charge in [-0.3, -0.25) is 10.1 Å². The van der Waals surface area contributed by atoms with E-state index < -0.39 is 40.7 Å². The zero-order valence-electron chi connectivity index (χ0n) is 7.28. The molecule has 1 aromatic rings. The summed E-state index contributed by atoms with van der Waals surface area (Å²) in [6.07, 6.45) is -2.55. The Kier molecular flexibility index (Phi) is 3.20. The third-order valence-electron chi connectivity index (χ3n) is 1.73. The van der Waals surface area contributed by atoms with Crippen LogP contribution < -0.4 is 5.73 Å². The zero-order chi connectivity index (χ0) is 11.6. The molecule has 0 aliphatic carbocycles. The van der Waals surface area contributed by atoms with Crippen LogP contribution in [0, 0.1) is 15.9 Å². The van der Waals surface area contributed by atoms with Crippen LogP contribution in [0.5, 0.6) is 0 Å². The van der Waals surface area contributed by atoms with E-state index in [-0.39, 0.29) is 0 Å². The highest BCUT2D eigenvalue weighted by Crippen LogP contribution is 2.27. The summed E-state index contributed by atoms with van der Waals surface area (Å²) in [6.45, 7) is -0.537. The lowest BCUT2D eigenvalue weighted by atomic mass is 10.2. The monoisotopic (exact) mass is 221 g/mol. The van der Waals surface area contributed by atoms with E-state index >= 15 is 0 Å². The van der Waals surface area contributed by atoms with Gasteiger partial charge in [-0.05, 0) is 0 Å². The van der Waals surface area contributed by atoms with Crippen molar-refractivity contribution in [2.75, 3.05) is 0 Å². The number of hydrogen-bond acceptors (Lipinski definition) is 4. The minimum absolute atomic E-state index is 0.537. The molecule has 0 amide bonds. The largest absolute Gasteiger partial charge is 0.326 e. The fourth-order valence-corrected chi connectivity index (χ4v) is 1.04. The quantitative estimate of drug-likeness (QED) is 0.619. The standard InChI is InChI=1S/C7H6F3N3O2/c8-5-3(1-11)4(13(14)15)2-12-6(5)7(9)10/h2,7H,1,11H2. The minimum atomic E-state index is -3.13. The molecular formula is C7H6F3N3O2. The van der Waals surface area contributed by atoms with Crippen molar-refractivity contribution in [2.45, 2.75) is 13.0 Å². The van der Waals surface area contributed by atoms with Crippen LogP contribution in [-0.2, 0) is 6.54 Å². The van der Waals surface area contributed by atoms with Gasteiger partial charge in [-0.2, -0.15) is 0 Å². The van der Waals surface area contributed by atoms with E-state index in [0.717, 1.165) is 0 Å². The number of nitrogens with two attached hydrogens (primary N) is 1. The van der Waals surface area contributed by atoms with Crippen molar-refractivity contribution < 1.29 is 18.1 Å². The van der Waals surface area contributed by atoms with E-state index in [4.69, 9.17) is 5.73 Å². The first-order chi connectivity index (χ1) is 6.99. The number of halogens is 3. The number of nitrogens with zero attached hydrogens (tertiary/aromatic N) is 2. The number of aromatic nitrogens is 1. The van der Waals surface area contributed by atoms with Gasteiger partial charge in [-0.1, -0.05) is 0 Å². The van der Waals surface area contributed by atoms with Crippen molar-refractivity contribution in [1.29, 1.82) is 0 Å². The van der Waals surface area contributed by atoms with Gasteiger partial charge in [0.2, 0.25) is 0 Å². The maximum atomic E-state index is 13.2. The van der Waals surface area contributed by atoms with Crippen molar-refractivity contribution in [1.82, 2.24) is 4.98 Å². The molecule has 0 saturated carbocycles. The van der Waals surface area contributed by atoms with Crippen LogP contribution in [0.4, 0.5) is 18.9 Å². The molecule has 5 nitrogen and oxygen atoms in total. The van der Waals surface area contributed by atoms with Crippen molar-refractivity contribution in [3.8, 4) is 0 Å². The molecule has 0 aliphatic heterocycles. The van der Waals surface area contributed by atoms with E-state index in [1.807, 2.05) is 0 Å². The number of hydrogen-bond donors (Lipinski definition) is 1. The molecule has 0 saturated heterocycles. The van der Waals surface area contributed by atoms with Gasteiger partial charge in [-0.25, -0.2) is 18.2 Å². The first-order valence-corrected chi connectivity index (χ1v) is 3.79. The lowest BCUT2D eigenvalue weighted by molar-refractivity contribution is -0.386. The molecule has 0 bridgehead atoms. The highest BCUT2D eigenvalue weighted by Gasteiger charge is 2.25. The van der Waals surface area contributed by atoms with Gasteiger partial charge >= 0.3 is 0 Å². The van der Waals surface area contributed by atoms with Crippen LogP contribution >= 0.6 is 0 Å². The summed E-state index contributed by atoms with van der Waals surface area (Å²) in [5, 5.41) is 10.4. The van der Waals surface area contributed by atoms with Gasteiger partial charge in [0.1, 0.15) is 11.9 Å². The molecule has 1 aromatic heterocycles. The van der Waals surface area contributed by atoms with E-state index in [0.29, 0.717) is 6.20 Å². The fraction of sp³-hybridized carbons (Fsp3) is 0.286. The molecule has 82 valence electrons. The van der Waals surface area contributed by atoms with E-state index in [2.05, 4.69) is 4.98 Å². The minimum Gasteiger partial charge on any atom is -0.326 e. The van der Waals surface area contributed by atoms with E-state index in [9.17, 15) is 23.3 Å². The topological polar surface area (TPSA) is 82.0 Å². The maximum absolute atomic E-state index is 13.2. The van der Waals surface area contributed by atoms with E-state index in [1.165, 1.54) is 0 Å². The van der Waals surface area contributed by atoms with Gasteiger partial charge in [-0.15, -0.1) is 0 Å². The lowest BCUT2D eigenvalue weighted by Gasteiger charge is -2.05. The van der Waals surface area contributed by atoms with Crippen molar-refractivity contribution in [3.63, 3.8) is 0 Å². The van der Waals surface area contributed by atoms with Crippen LogP contribution in [0.1, 0.15) is 17.7 Å². The Labute approximate surface area is 81.9 Å². The zero-order valence-corrected chi connectivity index (χ0v) is 7.28. The van der Waals surface area contributed by atoms with Gasteiger partial charge in [0.25, 0.3) is 12.1 Å². The highest BCUT2D eigenvalue weighted by atomic mass is 19.3. The van der Waals surface area contributed by atoms with Crippen LogP contribution in [0.2, 0.25) is 0 Å². The first kappa shape index (κ1) is 11.4. The van der Waals surface area contributed by atoms with Crippen molar-refractivity contribution >= 4 is 5.69 Å². The Morgan fingerprint density at radius 1 is 1.60 bits per heavy atom. The smallest absolute Gasteiger partial charge is 0.294 e. The summed E-state index contributed by atoms with van der Waals surface area (Å²) < 4.78 is 37.5. The summed E-state index contributed by atoms with van der Waals surface area (Å²) in [5.41, 5.74) is 2.66. The van der Waals surface area contributed by atoms with Gasteiger partial charge in [0.05, 0.1) is 10.5 Å². The van der Waals surface area contributed by atoms with Crippen LogP contribution in [-0.4, -0.2) is 9.91 Å². The normalized spacial score (nSPS) is 10.7. The lowest BCUT2D eigenvalue weighted by Crippen LogP contribution is -2.09. The van der Waals surface area contributed by atoms with Gasteiger partial charge in [0.15, 0.2) is 5.82 Å². The molecule has 0 radical (unpaired) electrons. The number of nitro groups is 1.